The van der Waals surface area contributed by atoms with Gasteiger partial charge in [0.15, 0.2) is 0 Å². The molecule has 0 atom stereocenters. The van der Waals surface area contributed by atoms with Crippen LogP contribution in [0.25, 0.3) is 0 Å². The van der Waals surface area contributed by atoms with Crippen molar-refractivity contribution in [3.05, 3.63) is 11.0 Å². The van der Waals surface area contributed by atoms with Crippen LogP contribution in [0.1, 0.15) is 0 Å². The first-order valence-electron chi connectivity index (χ1n) is 2.48. The lowest BCUT2D eigenvalue weighted by Crippen LogP contribution is -2.10. The van der Waals surface area contributed by atoms with Gasteiger partial charge in [-0.15, -0.1) is 0 Å². The van der Waals surface area contributed by atoms with E-state index in [2.05, 4.69) is 0 Å². The molecule has 0 aliphatic carbocycles. The van der Waals surface area contributed by atoms with Crippen molar-refractivity contribution in [1.82, 2.24) is 0 Å². The summed E-state index contributed by atoms with van der Waals surface area (Å²) < 4.78 is 0. The van der Waals surface area contributed by atoms with Gasteiger partial charge in [0.1, 0.15) is 5.04 Å². The van der Waals surface area contributed by atoms with E-state index in [0.29, 0.717) is 0 Å². The van der Waals surface area contributed by atoms with Crippen LogP contribution in [0.15, 0.2) is 11.0 Å². The number of amides is 1. The maximum Gasteiger partial charge on any atom is 0.255 e. The molecule has 1 aliphatic heterocycles. The standard InChI is InChI=1S/C5H5N3OS/c6-2-1-3(4(7)9)10-5(2)8/h1,6,8H,(H2,7,9). The zero-order valence-electron chi connectivity index (χ0n) is 4.97. The van der Waals surface area contributed by atoms with Gasteiger partial charge in [0.2, 0.25) is 0 Å². The smallest absolute Gasteiger partial charge is 0.255 e. The molecule has 0 spiro atoms. The molecule has 1 rings (SSSR count). The average Bonchev–Trinajstić information content (AvgIpc) is 2.13. The second-order valence-electron chi connectivity index (χ2n) is 1.72. The Morgan fingerprint density at radius 1 is 1.60 bits per heavy atom. The van der Waals surface area contributed by atoms with Gasteiger partial charge in [-0.25, -0.2) is 0 Å². The van der Waals surface area contributed by atoms with Crippen LogP contribution in [0.4, 0.5) is 0 Å². The number of carbonyl (C=O) groups excluding carboxylic acids is 1. The van der Waals surface area contributed by atoms with Crippen LogP contribution in [0, 0.1) is 10.8 Å². The summed E-state index contributed by atoms with van der Waals surface area (Å²) in [6.07, 6.45) is 1.30. The minimum Gasteiger partial charge on any atom is -0.365 e. The first-order valence-corrected chi connectivity index (χ1v) is 3.29. The quantitative estimate of drug-likeness (QED) is 0.501. The highest BCUT2D eigenvalue weighted by molar-refractivity contribution is 8.20. The number of nitrogens with two attached hydrogens (primary N) is 1. The Bertz CT molecular complexity index is 256. The Morgan fingerprint density at radius 3 is 2.40 bits per heavy atom. The molecular weight excluding hydrogens is 150 g/mol. The Labute approximate surface area is 61.5 Å². The number of nitrogens with one attached hydrogen (secondary N) is 2. The Kier molecular flexibility index (Phi) is 1.58. The third-order valence-electron chi connectivity index (χ3n) is 0.975. The number of allylic oxidation sites excluding steroid dienone is 1. The molecule has 0 fully saturated rings. The molecule has 0 unspecified atom stereocenters. The van der Waals surface area contributed by atoms with Crippen LogP contribution >= 0.6 is 11.8 Å². The molecule has 0 aromatic heterocycles. The monoisotopic (exact) mass is 155 g/mol. The van der Waals surface area contributed by atoms with Crippen molar-refractivity contribution in [2.75, 3.05) is 0 Å². The van der Waals surface area contributed by atoms with Crippen molar-refractivity contribution < 1.29 is 4.79 Å². The van der Waals surface area contributed by atoms with E-state index < -0.39 is 5.91 Å². The summed E-state index contributed by atoms with van der Waals surface area (Å²) in [5, 5.41) is 14.2. The maximum atomic E-state index is 10.4. The average molecular weight is 155 g/mol. The van der Waals surface area contributed by atoms with Crippen molar-refractivity contribution in [2.24, 2.45) is 5.73 Å². The molecule has 52 valence electrons. The lowest BCUT2D eigenvalue weighted by molar-refractivity contribution is -0.113. The Morgan fingerprint density at radius 2 is 2.20 bits per heavy atom. The minimum absolute atomic E-state index is 0.0544. The van der Waals surface area contributed by atoms with E-state index in [9.17, 15) is 4.79 Å². The summed E-state index contributed by atoms with van der Waals surface area (Å²) in [5.74, 6) is -0.572. The number of hydrogen-bond donors (Lipinski definition) is 3. The summed E-state index contributed by atoms with van der Waals surface area (Å²) in [4.78, 5) is 10.7. The van der Waals surface area contributed by atoms with Crippen LogP contribution in [0.5, 0.6) is 0 Å². The van der Waals surface area contributed by atoms with Crippen molar-refractivity contribution in [2.45, 2.75) is 0 Å². The zero-order valence-corrected chi connectivity index (χ0v) is 5.79. The molecule has 1 heterocycles. The summed E-state index contributed by atoms with van der Waals surface area (Å²) in [6.45, 7) is 0. The van der Waals surface area contributed by atoms with Gasteiger partial charge in [-0.2, -0.15) is 0 Å². The lowest BCUT2D eigenvalue weighted by atomic mass is 10.3. The van der Waals surface area contributed by atoms with Crippen molar-refractivity contribution >= 4 is 28.4 Å². The van der Waals surface area contributed by atoms with E-state index in [1.54, 1.807) is 0 Å². The van der Waals surface area contributed by atoms with Crippen molar-refractivity contribution in [3.8, 4) is 0 Å². The third-order valence-corrected chi connectivity index (χ3v) is 1.94. The van der Waals surface area contributed by atoms with Crippen LogP contribution in [-0.2, 0) is 4.79 Å². The van der Waals surface area contributed by atoms with Gasteiger partial charge in [-0.05, 0) is 6.08 Å². The second kappa shape index (κ2) is 2.26. The summed E-state index contributed by atoms with van der Waals surface area (Å²) in [6, 6.07) is 0. The minimum atomic E-state index is -0.572. The highest BCUT2D eigenvalue weighted by atomic mass is 32.2. The Balaban J connectivity index is 2.87. The van der Waals surface area contributed by atoms with Gasteiger partial charge in [-0.1, -0.05) is 11.8 Å². The van der Waals surface area contributed by atoms with Crippen molar-refractivity contribution in [1.29, 1.82) is 10.8 Å². The summed E-state index contributed by atoms with van der Waals surface area (Å²) >= 11 is 0.927. The highest BCUT2D eigenvalue weighted by Crippen LogP contribution is 2.23. The lowest BCUT2D eigenvalue weighted by Gasteiger charge is -1.89. The van der Waals surface area contributed by atoms with Crippen LogP contribution in [-0.4, -0.2) is 16.7 Å². The van der Waals surface area contributed by atoms with Crippen LogP contribution < -0.4 is 5.73 Å². The Hall–Kier alpha value is -1.10. The fourth-order valence-electron chi connectivity index (χ4n) is 0.512. The van der Waals surface area contributed by atoms with Gasteiger partial charge < -0.3 is 5.73 Å². The van der Waals surface area contributed by atoms with Gasteiger partial charge >= 0.3 is 0 Å². The number of carbonyl (C=O) groups is 1. The van der Waals surface area contributed by atoms with Crippen LogP contribution in [0.3, 0.4) is 0 Å². The predicted octanol–water partition coefficient (Wildman–Crippen LogP) is 0.0994. The van der Waals surface area contributed by atoms with E-state index in [-0.39, 0.29) is 15.7 Å². The van der Waals surface area contributed by atoms with Gasteiger partial charge in [0.05, 0.1) is 10.6 Å². The molecule has 1 aliphatic rings. The van der Waals surface area contributed by atoms with Gasteiger partial charge in [-0.3, -0.25) is 15.6 Å². The van der Waals surface area contributed by atoms with E-state index >= 15 is 0 Å². The number of primary amides is 1. The topological polar surface area (TPSA) is 90.8 Å². The summed E-state index contributed by atoms with van der Waals surface area (Å²) in [7, 11) is 0. The first kappa shape index (κ1) is 7.01. The van der Waals surface area contributed by atoms with Crippen molar-refractivity contribution in [3.63, 3.8) is 0 Å². The third kappa shape index (κ3) is 1.08. The number of thioether (sulfide) groups is 1. The fourth-order valence-corrected chi connectivity index (χ4v) is 1.18. The molecule has 0 saturated carbocycles. The SMILES string of the molecule is N=C1C=C(C(N)=O)SC1=N. The molecule has 0 aromatic carbocycles. The number of hydrogen-bond acceptors (Lipinski definition) is 4. The molecule has 4 nitrogen and oxygen atoms in total. The number of rotatable bonds is 1. The summed E-state index contributed by atoms with van der Waals surface area (Å²) in [5.41, 5.74) is 4.96. The molecule has 4 N–H and O–H groups in total. The van der Waals surface area contributed by atoms with E-state index in [1.807, 2.05) is 0 Å². The normalized spacial score (nSPS) is 17.4. The second-order valence-corrected chi connectivity index (χ2v) is 2.77. The first-order chi connectivity index (χ1) is 4.61. The van der Waals surface area contributed by atoms with E-state index in [0.717, 1.165) is 11.8 Å². The molecule has 0 bridgehead atoms. The molecule has 1 amide bonds. The van der Waals surface area contributed by atoms with Gasteiger partial charge in [0.25, 0.3) is 5.91 Å². The molecule has 0 saturated heterocycles. The van der Waals surface area contributed by atoms with E-state index in [1.165, 1.54) is 6.08 Å². The van der Waals surface area contributed by atoms with E-state index in [4.69, 9.17) is 16.6 Å². The molecule has 0 radical (unpaired) electrons. The molecule has 10 heavy (non-hydrogen) atoms. The van der Waals surface area contributed by atoms with Gasteiger partial charge in [0, 0.05) is 0 Å². The zero-order chi connectivity index (χ0) is 7.72. The molecule has 5 heteroatoms. The van der Waals surface area contributed by atoms with Crippen LogP contribution in [0.2, 0.25) is 0 Å². The largest absolute Gasteiger partial charge is 0.365 e. The fraction of sp³-hybridized carbons (Fsp3) is 0. The maximum absolute atomic E-state index is 10.4. The molecular formula is C5H5N3OS. The molecule has 0 aromatic rings. The highest BCUT2D eigenvalue weighted by Gasteiger charge is 2.19. The predicted molar refractivity (Wildman–Crippen MR) is 40.3 cm³/mol.